The van der Waals surface area contributed by atoms with Crippen LogP contribution in [0.2, 0.25) is 0 Å². The molecule has 2 atom stereocenters. The van der Waals surface area contributed by atoms with Crippen molar-refractivity contribution in [1.29, 1.82) is 0 Å². The molecule has 0 radical (unpaired) electrons. The summed E-state index contributed by atoms with van der Waals surface area (Å²) in [5.74, 6) is -0.397. The van der Waals surface area contributed by atoms with Crippen LogP contribution in [0.25, 0.3) is 0 Å². The van der Waals surface area contributed by atoms with Crippen LogP contribution in [-0.4, -0.2) is 55.7 Å². The number of aliphatic hydroxyl groups excluding tert-OH is 1. The normalized spacial score (nSPS) is 23.6. The fourth-order valence-electron chi connectivity index (χ4n) is 2.01. The summed E-state index contributed by atoms with van der Waals surface area (Å²) in [6, 6.07) is 0. The number of carbonyl (C=O) groups is 1. The Labute approximate surface area is 108 Å². The molecule has 1 fully saturated rings. The van der Waals surface area contributed by atoms with E-state index in [1.54, 1.807) is 6.92 Å². The Balaban J connectivity index is 2.44. The van der Waals surface area contributed by atoms with Crippen molar-refractivity contribution in [3.8, 4) is 0 Å². The fourth-order valence-corrected chi connectivity index (χ4v) is 2.92. The number of rotatable bonds is 5. The number of hydrogen-bond donors (Lipinski definition) is 2. The molecule has 2 N–H and O–H groups in total. The molecule has 1 aliphatic heterocycles. The molecule has 6 nitrogen and oxygen atoms in total. The predicted octanol–water partition coefficient (Wildman–Crippen LogP) is -0.455. The molecule has 0 saturated carbocycles. The lowest BCUT2D eigenvalue weighted by atomic mass is 9.99. The first kappa shape index (κ1) is 15.4. The maximum absolute atomic E-state index is 11.8. The Hall–Kier alpha value is -0.660. The summed E-state index contributed by atoms with van der Waals surface area (Å²) in [6.45, 7) is 2.85. The van der Waals surface area contributed by atoms with E-state index in [4.69, 9.17) is 5.11 Å². The Kier molecular flexibility index (Phi) is 5.55. The summed E-state index contributed by atoms with van der Waals surface area (Å²) >= 11 is 0. The predicted molar refractivity (Wildman–Crippen MR) is 68.4 cm³/mol. The summed E-state index contributed by atoms with van der Waals surface area (Å²) in [6.07, 6.45) is 2.66. The van der Waals surface area contributed by atoms with E-state index in [-0.39, 0.29) is 18.4 Å². The monoisotopic (exact) mass is 278 g/mol. The first-order valence-electron chi connectivity index (χ1n) is 6.21. The molecule has 1 aliphatic rings. The van der Waals surface area contributed by atoms with E-state index in [1.165, 1.54) is 10.6 Å². The van der Waals surface area contributed by atoms with Gasteiger partial charge in [-0.2, -0.15) is 0 Å². The van der Waals surface area contributed by atoms with Gasteiger partial charge in [-0.3, -0.25) is 4.79 Å². The molecular formula is C11H22N2O4S. The Morgan fingerprint density at radius 3 is 2.78 bits per heavy atom. The second-order valence-electron chi connectivity index (χ2n) is 4.89. The maximum Gasteiger partial charge on any atom is 0.224 e. The average Bonchev–Trinajstić information content (AvgIpc) is 2.27. The number of sulfonamides is 1. The Bertz CT molecular complexity index is 381. The fraction of sp³-hybridized carbons (Fsp3) is 0.909. The number of nitrogens with zero attached hydrogens (tertiary/aromatic N) is 1. The van der Waals surface area contributed by atoms with E-state index in [0.29, 0.717) is 32.4 Å². The quantitative estimate of drug-likeness (QED) is 0.713. The smallest absolute Gasteiger partial charge is 0.224 e. The van der Waals surface area contributed by atoms with Crippen molar-refractivity contribution in [2.45, 2.75) is 32.3 Å². The van der Waals surface area contributed by atoms with E-state index in [9.17, 15) is 13.2 Å². The highest BCUT2D eigenvalue weighted by Crippen LogP contribution is 2.18. The van der Waals surface area contributed by atoms with E-state index in [0.717, 1.165) is 0 Å². The van der Waals surface area contributed by atoms with Crippen LogP contribution >= 0.6 is 0 Å². The molecule has 0 spiro atoms. The van der Waals surface area contributed by atoms with Gasteiger partial charge in [0, 0.05) is 19.6 Å². The minimum Gasteiger partial charge on any atom is -0.393 e. The molecule has 2 unspecified atom stereocenters. The summed E-state index contributed by atoms with van der Waals surface area (Å²) in [5.41, 5.74) is 0. The van der Waals surface area contributed by atoms with Gasteiger partial charge < -0.3 is 10.4 Å². The third-order valence-corrected chi connectivity index (χ3v) is 4.35. The van der Waals surface area contributed by atoms with Gasteiger partial charge in [0.1, 0.15) is 0 Å². The van der Waals surface area contributed by atoms with Crippen molar-refractivity contribution < 1.29 is 18.3 Å². The molecule has 0 bridgehead atoms. The number of amides is 1. The summed E-state index contributed by atoms with van der Waals surface area (Å²) in [4.78, 5) is 11.8. The second-order valence-corrected chi connectivity index (χ2v) is 6.87. The van der Waals surface area contributed by atoms with Crippen molar-refractivity contribution in [3.63, 3.8) is 0 Å². The Morgan fingerprint density at radius 2 is 2.22 bits per heavy atom. The maximum atomic E-state index is 11.8. The topological polar surface area (TPSA) is 86.7 Å². The van der Waals surface area contributed by atoms with E-state index >= 15 is 0 Å². The summed E-state index contributed by atoms with van der Waals surface area (Å²) in [7, 11) is -3.21. The molecule has 18 heavy (non-hydrogen) atoms. The van der Waals surface area contributed by atoms with Crippen molar-refractivity contribution in [2.24, 2.45) is 5.92 Å². The van der Waals surface area contributed by atoms with Gasteiger partial charge in [-0.15, -0.1) is 0 Å². The highest BCUT2D eigenvalue weighted by molar-refractivity contribution is 7.88. The first-order valence-corrected chi connectivity index (χ1v) is 8.06. The standard InChI is InChI=1S/C11H22N2O4S/c1-9(14)5-6-12-11(15)10-4-3-7-13(8-10)18(2,16)17/h9-10,14H,3-8H2,1-2H3,(H,12,15). The zero-order valence-corrected chi connectivity index (χ0v) is 11.7. The summed E-state index contributed by atoms with van der Waals surface area (Å²) < 4.78 is 24.2. The summed E-state index contributed by atoms with van der Waals surface area (Å²) in [5, 5.41) is 11.8. The lowest BCUT2D eigenvalue weighted by Gasteiger charge is -2.30. The van der Waals surface area contributed by atoms with Gasteiger partial charge >= 0.3 is 0 Å². The minimum atomic E-state index is -3.21. The largest absolute Gasteiger partial charge is 0.393 e. The van der Waals surface area contributed by atoms with Crippen LogP contribution in [0.5, 0.6) is 0 Å². The molecule has 1 saturated heterocycles. The number of nitrogens with one attached hydrogen (secondary N) is 1. The molecule has 1 heterocycles. The van der Waals surface area contributed by atoms with Crippen molar-refractivity contribution in [3.05, 3.63) is 0 Å². The van der Waals surface area contributed by atoms with Crippen LogP contribution in [0.3, 0.4) is 0 Å². The lowest BCUT2D eigenvalue weighted by Crippen LogP contribution is -2.45. The van der Waals surface area contributed by atoms with Crippen LogP contribution < -0.4 is 5.32 Å². The van der Waals surface area contributed by atoms with Crippen molar-refractivity contribution in [2.75, 3.05) is 25.9 Å². The highest BCUT2D eigenvalue weighted by atomic mass is 32.2. The Morgan fingerprint density at radius 1 is 1.56 bits per heavy atom. The molecule has 0 aromatic carbocycles. The van der Waals surface area contributed by atoms with Crippen LogP contribution in [0.15, 0.2) is 0 Å². The lowest BCUT2D eigenvalue weighted by molar-refractivity contribution is -0.126. The van der Waals surface area contributed by atoms with Gasteiger partial charge in [0.15, 0.2) is 0 Å². The zero-order valence-electron chi connectivity index (χ0n) is 10.9. The van der Waals surface area contributed by atoms with Gasteiger partial charge in [0.25, 0.3) is 0 Å². The molecule has 0 aromatic rings. The number of aliphatic hydroxyl groups is 1. The second kappa shape index (κ2) is 6.49. The van der Waals surface area contributed by atoms with Crippen LogP contribution in [-0.2, 0) is 14.8 Å². The number of carbonyl (C=O) groups excluding carboxylic acids is 1. The van der Waals surface area contributed by atoms with Crippen LogP contribution in [0, 0.1) is 5.92 Å². The van der Waals surface area contributed by atoms with Crippen molar-refractivity contribution >= 4 is 15.9 Å². The van der Waals surface area contributed by atoms with E-state index in [2.05, 4.69) is 5.32 Å². The third-order valence-electron chi connectivity index (χ3n) is 3.09. The molecule has 0 aromatic heterocycles. The van der Waals surface area contributed by atoms with Gasteiger partial charge in [-0.25, -0.2) is 12.7 Å². The SMILES string of the molecule is CC(O)CCNC(=O)C1CCCN(S(C)(=O)=O)C1. The number of piperidine rings is 1. The third kappa shape index (κ3) is 4.91. The van der Waals surface area contributed by atoms with Gasteiger partial charge in [0.05, 0.1) is 18.3 Å². The molecule has 7 heteroatoms. The van der Waals surface area contributed by atoms with Crippen LogP contribution in [0.4, 0.5) is 0 Å². The van der Waals surface area contributed by atoms with Gasteiger partial charge in [-0.05, 0) is 26.2 Å². The minimum absolute atomic E-state index is 0.121. The van der Waals surface area contributed by atoms with Crippen molar-refractivity contribution in [1.82, 2.24) is 9.62 Å². The first-order chi connectivity index (χ1) is 8.30. The zero-order chi connectivity index (χ0) is 13.8. The van der Waals surface area contributed by atoms with Gasteiger partial charge in [0.2, 0.25) is 15.9 Å². The van der Waals surface area contributed by atoms with Crippen LogP contribution in [0.1, 0.15) is 26.2 Å². The highest BCUT2D eigenvalue weighted by Gasteiger charge is 2.29. The van der Waals surface area contributed by atoms with E-state index < -0.39 is 16.1 Å². The van der Waals surface area contributed by atoms with Gasteiger partial charge in [-0.1, -0.05) is 0 Å². The van der Waals surface area contributed by atoms with E-state index in [1.807, 2.05) is 0 Å². The number of hydrogen-bond acceptors (Lipinski definition) is 4. The molecular weight excluding hydrogens is 256 g/mol. The molecule has 0 aliphatic carbocycles. The molecule has 1 rings (SSSR count). The molecule has 106 valence electrons. The average molecular weight is 278 g/mol. The molecule has 1 amide bonds.